The normalized spacial score (nSPS) is 19.3. The van der Waals surface area contributed by atoms with Gasteiger partial charge in [0.2, 0.25) is 0 Å². The van der Waals surface area contributed by atoms with Crippen molar-refractivity contribution in [2.24, 2.45) is 22.7 Å². The van der Waals surface area contributed by atoms with Crippen molar-refractivity contribution in [1.29, 1.82) is 0 Å². The fourth-order valence-corrected chi connectivity index (χ4v) is 0.775. The summed E-state index contributed by atoms with van der Waals surface area (Å²) in [6, 6.07) is 0. The van der Waals surface area contributed by atoms with Crippen LogP contribution in [0.4, 0.5) is 0 Å². The highest BCUT2D eigenvalue weighted by Gasteiger charge is 2.39. The molecule has 0 spiro atoms. The monoisotopic (exact) mass is 198 g/mol. The van der Waals surface area contributed by atoms with Crippen molar-refractivity contribution < 1.29 is 0 Å². The van der Waals surface area contributed by atoms with E-state index in [1.54, 1.807) is 0 Å². The molecule has 1 saturated carbocycles. The summed E-state index contributed by atoms with van der Waals surface area (Å²) in [5, 5.41) is 0. The van der Waals surface area contributed by atoms with Gasteiger partial charge in [-0.3, -0.25) is 0 Å². The molecule has 0 aromatic heterocycles. The molecule has 0 atom stereocenters. The Morgan fingerprint density at radius 2 is 1.21 bits per heavy atom. The topological polar surface area (TPSA) is 0 Å². The van der Waals surface area contributed by atoms with Crippen LogP contribution in [0.3, 0.4) is 0 Å². The van der Waals surface area contributed by atoms with Gasteiger partial charge in [-0.1, -0.05) is 55.4 Å². The molecule has 0 saturated heterocycles. The second-order valence-electron chi connectivity index (χ2n) is 6.83. The minimum Gasteiger partial charge on any atom is -0.0623 e. The molecule has 86 valence electrons. The SMILES string of the molecule is CC(C)C(C)(C)C.CC(C)C1(C)CC1. The molecule has 1 rings (SSSR count). The molecular weight excluding hydrogens is 168 g/mol. The van der Waals surface area contributed by atoms with Crippen molar-refractivity contribution in [3.63, 3.8) is 0 Å². The minimum absolute atomic E-state index is 0.500. The number of hydrogen-bond acceptors (Lipinski definition) is 0. The number of rotatable bonds is 1. The maximum atomic E-state index is 2.37. The average molecular weight is 198 g/mol. The Hall–Kier alpha value is 0. The molecule has 0 aromatic carbocycles. The Kier molecular flexibility index (Phi) is 4.68. The molecule has 0 bridgehead atoms. The van der Waals surface area contributed by atoms with Gasteiger partial charge >= 0.3 is 0 Å². The van der Waals surface area contributed by atoms with Crippen molar-refractivity contribution in [1.82, 2.24) is 0 Å². The highest BCUT2D eigenvalue weighted by atomic mass is 14.4. The van der Waals surface area contributed by atoms with E-state index >= 15 is 0 Å². The lowest BCUT2D eigenvalue weighted by molar-refractivity contribution is 0.283. The number of hydrogen-bond donors (Lipinski definition) is 0. The molecule has 1 aliphatic carbocycles. The van der Waals surface area contributed by atoms with Gasteiger partial charge in [-0.05, 0) is 35.5 Å². The van der Waals surface area contributed by atoms with Gasteiger partial charge in [0, 0.05) is 0 Å². The Labute approximate surface area is 91.5 Å². The van der Waals surface area contributed by atoms with Crippen LogP contribution in [0.2, 0.25) is 0 Å². The van der Waals surface area contributed by atoms with E-state index in [2.05, 4.69) is 55.4 Å². The standard InChI is InChI=1S/C7H14.C7H16/c1-6(2)7(3)4-5-7;1-6(2)7(3,4)5/h6H,4-5H2,1-3H3;6H,1-5H3. The van der Waals surface area contributed by atoms with Gasteiger partial charge in [-0.25, -0.2) is 0 Å². The third-order valence-corrected chi connectivity index (χ3v) is 4.16. The second-order valence-corrected chi connectivity index (χ2v) is 6.83. The summed E-state index contributed by atoms with van der Waals surface area (Å²) in [5.74, 6) is 1.71. The van der Waals surface area contributed by atoms with E-state index in [-0.39, 0.29) is 0 Å². The molecule has 0 radical (unpaired) electrons. The molecule has 14 heavy (non-hydrogen) atoms. The van der Waals surface area contributed by atoms with Crippen LogP contribution in [0.5, 0.6) is 0 Å². The molecule has 0 heterocycles. The Bertz CT molecular complexity index is 144. The van der Waals surface area contributed by atoms with Crippen LogP contribution in [0, 0.1) is 22.7 Å². The van der Waals surface area contributed by atoms with Crippen LogP contribution >= 0.6 is 0 Å². The zero-order valence-corrected chi connectivity index (χ0v) is 11.6. The lowest BCUT2D eigenvalue weighted by Gasteiger charge is -2.22. The van der Waals surface area contributed by atoms with E-state index in [9.17, 15) is 0 Å². The fraction of sp³-hybridized carbons (Fsp3) is 1.00. The Morgan fingerprint density at radius 1 is 0.929 bits per heavy atom. The summed E-state index contributed by atoms with van der Waals surface area (Å²) < 4.78 is 0. The first-order valence-corrected chi connectivity index (χ1v) is 6.09. The average Bonchev–Trinajstić information content (AvgIpc) is 2.68. The van der Waals surface area contributed by atoms with E-state index in [0.717, 1.165) is 17.3 Å². The molecule has 0 heteroatoms. The minimum atomic E-state index is 0.500. The zero-order chi connectivity index (χ0) is 11.6. The predicted octanol–water partition coefficient (Wildman–Crippen LogP) is 5.13. The largest absolute Gasteiger partial charge is 0.0623 e. The van der Waals surface area contributed by atoms with Crippen LogP contribution < -0.4 is 0 Å². The van der Waals surface area contributed by atoms with E-state index < -0.39 is 0 Å². The summed E-state index contributed by atoms with van der Waals surface area (Å²) in [6.07, 6.45) is 2.93. The van der Waals surface area contributed by atoms with E-state index in [1.165, 1.54) is 12.8 Å². The smallest absolute Gasteiger partial charge is 0.0302 e. The van der Waals surface area contributed by atoms with Gasteiger partial charge in [0.15, 0.2) is 0 Å². The highest BCUT2D eigenvalue weighted by molar-refractivity contribution is 4.90. The van der Waals surface area contributed by atoms with E-state index in [0.29, 0.717) is 5.41 Å². The lowest BCUT2D eigenvalue weighted by atomic mass is 9.84. The first kappa shape index (κ1) is 14.0. The van der Waals surface area contributed by atoms with Crippen molar-refractivity contribution in [3.05, 3.63) is 0 Å². The van der Waals surface area contributed by atoms with E-state index in [4.69, 9.17) is 0 Å². The van der Waals surface area contributed by atoms with Gasteiger partial charge < -0.3 is 0 Å². The van der Waals surface area contributed by atoms with Crippen LogP contribution in [0.15, 0.2) is 0 Å². The van der Waals surface area contributed by atoms with Crippen LogP contribution in [0.1, 0.15) is 68.2 Å². The third-order valence-electron chi connectivity index (χ3n) is 4.16. The molecule has 1 fully saturated rings. The second kappa shape index (κ2) is 4.68. The molecule has 0 unspecified atom stereocenters. The summed E-state index contributed by atoms with van der Waals surface area (Å²) in [7, 11) is 0. The molecule has 0 aromatic rings. The van der Waals surface area contributed by atoms with E-state index in [1.807, 2.05) is 0 Å². The Morgan fingerprint density at radius 3 is 1.21 bits per heavy atom. The summed E-state index contributed by atoms with van der Waals surface area (Å²) in [4.78, 5) is 0. The van der Waals surface area contributed by atoms with Gasteiger partial charge in [-0.2, -0.15) is 0 Å². The first-order valence-electron chi connectivity index (χ1n) is 6.09. The third kappa shape index (κ3) is 5.02. The zero-order valence-electron chi connectivity index (χ0n) is 11.6. The lowest BCUT2D eigenvalue weighted by Crippen LogP contribution is -2.12. The summed E-state index contributed by atoms with van der Waals surface area (Å²) in [6.45, 7) is 18.3. The van der Waals surface area contributed by atoms with Gasteiger partial charge in [0.1, 0.15) is 0 Å². The Balaban J connectivity index is 0.000000241. The summed E-state index contributed by atoms with van der Waals surface area (Å²) in [5.41, 5.74) is 1.25. The molecule has 1 aliphatic rings. The summed E-state index contributed by atoms with van der Waals surface area (Å²) >= 11 is 0. The molecule has 0 aliphatic heterocycles. The maximum Gasteiger partial charge on any atom is -0.0302 e. The van der Waals surface area contributed by atoms with Crippen LogP contribution in [-0.4, -0.2) is 0 Å². The van der Waals surface area contributed by atoms with Gasteiger partial charge in [0.25, 0.3) is 0 Å². The first-order chi connectivity index (χ1) is 6.09. The maximum absolute atomic E-state index is 2.37. The molecule has 0 N–H and O–H groups in total. The van der Waals surface area contributed by atoms with Crippen LogP contribution in [0.25, 0.3) is 0 Å². The fourth-order valence-electron chi connectivity index (χ4n) is 0.775. The highest BCUT2D eigenvalue weighted by Crippen LogP contribution is 2.50. The quantitative estimate of drug-likeness (QED) is 0.548. The van der Waals surface area contributed by atoms with Crippen LogP contribution in [-0.2, 0) is 0 Å². The predicted molar refractivity (Wildman–Crippen MR) is 66.5 cm³/mol. The van der Waals surface area contributed by atoms with Crippen molar-refractivity contribution >= 4 is 0 Å². The van der Waals surface area contributed by atoms with Crippen molar-refractivity contribution in [2.75, 3.05) is 0 Å². The van der Waals surface area contributed by atoms with Gasteiger partial charge in [-0.15, -0.1) is 0 Å². The van der Waals surface area contributed by atoms with Gasteiger partial charge in [0.05, 0.1) is 0 Å². The molecule has 0 amide bonds. The molecule has 0 nitrogen and oxygen atoms in total. The van der Waals surface area contributed by atoms with Crippen molar-refractivity contribution in [2.45, 2.75) is 68.2 Å². The van der Waals surface area contributed by atoms with Crippen molar-refractivity contribution in [3.8, 4) is 0 Å². The molecular formula is C14H30.